The van der Waals surface area contributed by atoms with Crippen LogP contribution in [0.3, 0.4) is 0 Å². The van der Waals surface area contributed by atoms with Crippen molar-refractivity contribution in [3.8, 4) is 0 Å². The molecule has 0 aromatic rings. The third kappa shape index (κ3) is 4.27. The Kier molecular flexibility index (Phi) is 5.51. The highest BCUT2D eigenvalue weighted by molar-refractivity contribution is 7.96. The van der Waals surface area contributed by atoms with Crippen LogP contribution in [0.1, 0.15) is 6.92 Å². The van der Waals surface area contributed by atoms with Gasteiger partial charge in [-0.05, 0) is 6.26 Å². The predicted molar refractivity (Wildman–Crippen MR) is 30.3 cm³/mol. The quantitative estimate of drug-likeness (QED) is 0.309. The molecule has 0 aliphatic carbocycles. The van der Waals surface area contributed by atoms with E-state index in [1.54, 1.807) is 11.9 Å². The lowest BCUT2D eigenvalue weighted by molar-refractivity contribution is 0.722. The number of rotatable bonds is 3. The van der Waals surface area contributed by atoms with Gasteiger partial charge in [-0.1, -0.05) is 18.9 Å². The number of hydrogen-bond acceptors (Lipinski definition) is 3. The van der Waals surface area contributed by atoms with E-state index in [4.69, 9.17) is 0 Å². The normalized spacial score (nSPS) is 9.00. The molecule has 0 rings (SSSR count). The molecule has 0 bridgehead atoms. The summed E-state index contributed by atoms with van der Waals surface area (Å²) in [5, 5.41) is 0. The summed E-state index contributed by atoms with van der Waals surface area (Å²) in [4.78, 5) is 2.86. The lowest BCUT2D eigenvalue weighted by Crippen LogP contribution is -2.23. The van der Waals surface area contributed by atoms with E-state index in [1.807, 2.05) is 13.2 Å². The van der Waals surface area contributed by atoms with E-state index in [-0.39, 0.29) is 0 Å². The van der Waals surface area contributed by atoms with Gasteiger partial charge in [0.15, 0.2) is 0 Å². The van der Waals surface area contributed by atoms with Gasteiger partial charge in [0.2, 0.25) is 0 Å². The average molecular weight is 106 g/mol. The topological polar surface area (TPSA) is 24.1 Å². The Hall–Kier alpha value is 0.270. The molecule has 0 radical (unpaired) electrons. The molecule has 0 atom stereocenters. The zero-order chi connectivity index (χ0) is 4.83. The molecule has 0 heterocycles. The average Bonchev–Trinajstić information content (AvgIpc) is 1.61. The molecule has 3 heteroatoms. The molecule has 0 aromatic heterocycles. The largest absolute Gasteiger partial charge is 0.248 e. The second-order valence-electron chi connectivity index (χ2n) is 0.837. The first-order valence-electron chi connectivity index (χ1n) is 1.92. The first kappa shape index (κ1) is 6.27. The molecule has 0 spiro atoms. The van der Waals surface area contributed by atoms with Crippen LogP contribution in [-0.2, 0) is 0 Å². The van der Waals surface area contributed by atoms with Crippen molar-refractivity contribution < 1.29 is 0 Å². The third-order valence-corrected chi connectivity index (χ3v) is 0.699. The minimum absolute atomic E-state index is 0.973. The van der Waals surface area contributed by atoms with Crippen LogP contribution in [0.15, 0.2) is 0 Å². The van der Waals surface area contributed by atoms with Crippen LogP contribution >= 0.6 is 11.9 Å². The zero-order valence-corrected chi connectivity index (χ0v) is 4.93. The first-order chi connectivity index (χ1) is 2.91. The molecule has 2 nitrogen and oxygen atoms in total. The van der Waals surface area contributed by atoms with Gasteiger partial charge >= 0.3 is 0 Å². The number of nitrogens with one attached hydrogen (secondary N) is 2. The van der Waals surface area contributed by atoms with Gasteiger partial charge < -0.3 is 0 Å². The molecule has 2 N–H and O–H groups in total. The summed E-state index contributed by atoms with van der Waals surface area (Å²) >= 11 is 1.57. The molecule has 0 saturated carbocycles. The zero-order valence-electron chi connectivity index (χ0n) is 4.12. The fourth-order valence-corrected chi connectivity index (χ4v) is 0.433. The second kappa shape index (κ2) is 5.27. The van der Waals surface area contributed by atoms with Gasteiger partial charge in [-0.2, -0.15) is 0 Å². The van der Waals surface area contributed by atoms with Crippen LogP contribution in [0.4, 0.5) is 0 Å². The fourth-order valence-electron chi connectivity index (χ4n) is 0.144. The summed E-state index contributed by atoms with van der Waals surface area (Å²) in [5.41, 5.74) is 2.91. The molecular weight excluding hydrogens is 96.1 g/mol. The molecule has 6 heavy (non-hydrogen) atoms. The minimum Gasteiger partial charge on any atom is -0.248 e. The van der Waals surface area contributed by atoms with Gasteiger partial charge in [-0.3, -0.25) is 0 Å². The van der Waals surface area contributed by atoms with Crippen LogP contribution in [0.5, 0.6) is 0 Å². The van der Waals surface area contributed by atoms with Crippen molar-refractivity contribution in [3.63, 3.8) is 0 Å². The van der Waals surface area contributed by atoms with Crippen LogP contribution < -0.4 is 10.3 Å². The number of hydrazine groups is 1. The smallest absolute Gasteiger partial charge is 0.00802 e. The van der Waals surface area contributed by atoms with Crippen molar-refractivity contribution in [2.45, 2.75) is 6.92 Å². The van der Waals surface area contributed by atoms with Gasteiger partial charge in [-0.25, -0.2) is 10.3 Å². The van der Waals surface area contributed by atoms with Gasteiger partial charge in [0.1, 0.15) is 0 Å². The van der Waals surface area contributed by atoms with Crippen LogP contribution in [-0.4, -0.2) is 12.8 Å². The van der Waals surface area contributed by atoms with Gasteiger partial charge in [0, 0.05) is 6.54 Å². The van der Waals surface area contributed by atoms with Crippen molar-refractivity contribution >= 4 is 11.9 Å². The molecule has 0 amide bonds. The summed E-state index contributed by atoms with van der Waals surface area (Å²) in [6, 6.07) is 0. The summed E-state index contributed by atoms with van der Waals surface area (Å²) in [6.45, 7) is 3.02. The van der Waals surface area contributed by atoms with Gasteiger partial charge in [0.05, 0.1) is 0 Å². The highest BCUT2D eigenvalue weighted by Gasteiger charge is 1.68. The lowest BCUT2D eigenvalue weighted by Gasteiger charge is -1.94. The molecule has 38 valence electrons. The maximum Gasteiger partial charge on any atom is 0.00802 e. The fraction of sp³-hybridized carbons (Fsp3) is 1.00. The monoisotopic (exact) mass is 106 g/mol. The Balaban J connectivity index is 2.34. The highest BCUT2D eigenvalue weighted by Crippen LogP contribution is 1.72. The van der Waals surface area contributed by atoms with Crippen molar-refractivity contribution in [1.82, 2.24) is 10.3 Å². The summed E-state index contributed by atoms with van der Waals surface area (Å²) < 4.78 is 0. The number of hydrogen-bond donors (Lipinski definition) is 2. The second-order valence-corrected chi connectivity index (χ2v) is 1.45. The Bertz CT molecular complexity index is 20.8. The highest BCUT2D eigenvalue weighted by atomic mass is 32.2. The summed E-state index contributed by atoms with van der Waals surface area (Å²) in [7, 11) is 0. The molecule has 0 aliphatic rings. The van der Waals surface area contributed by atoms with Crippen molar-refractivity contribution in [2.75, 3.05) is 12.8 Å². The van der Waals surface area contributed by atoms with E-state index in [1.165, 1.54) is 0 Å². The molecule has 0 aromatic carbocycles. The van der Waals surface area contributed by atoms with Crippen LogP contribution in [0, 0.1) is 0 Å². The van der Waals surface area contributed by atoms with Gasteiger partial charge in [-0.15, -0.1) is 0 Å². The van der Waals surface area contributed by atoms with Crippen molar-refractivity contribution in [1.29, 1.82) is 0 Å². The first-order valence-corrected chi connectivity index (χ1v) is 3.15. The van der Waals surface area contributed by atoms with Gasteiger partial charge in [0.25, 0.3) is 0 Å². The van der Waals surface area contributed by atoms with Crippen molar-refractivity contribution in [2.24, 2.45) is 0 Å². The van der Waals surface area contributed by atoms with E-state index in [2.05, 4.69) is 10.3 Å². The van der Waals surface area contributed by atoms with Crippen LogP contribution in [0.25, 0.3) is 0 Å². The lowest BCUT2D eigenvalue weighted by atomic mass is 10.8. The molecule has 0 aliphatic heterocycles. The molecule has 0 saturated heterocycles. The van der Waals surface area contributed by atoms with Crippen molar-refractivity contribution in [3.05, 3.63) is 0 Å². The van der Waals surface area contributed by atoms with E-state index in [0.717, 1.165) is 6.54 Å². The standard InChI is InChI=1S/C3H10N2S/c1-3-4-5-6-2/h4-5H,3H2,1-2H3. The third-order valence-electron chi connectivity index (χ3n) is 0.351. The van der Waals surface area contributed by atoms with E-state index in [9.17, 15) is 0 Å². The Morgan fingerprint density at radius 2 is 2.33 bits per heavy atom. The summed E-state index contributed by atoms with van der Waals surface area (Å²) in [6.07, 6.45) is 1.97. The Morgan fingerprint density at radius 3 is 2.50 bits per heavy atom. The Labute approximate surface area is 42.8 Å². The van der Waals surface area contributed by atoms with Crippen LogP contribution in [0.2, 0.25) is 0 Å². The van der Waals surface area contributed by atoms with E-state index < -0.39 is 0 Å². The predicted octanol–water partition coefficient (Wildman–Crippen LogP) is 0.378. The maximum atomic E-state index is 2.91. The SMILES string of the molecule is CCNNSC. The molecule has 0 unspecified atom stereocenters. The van der Waals surface area contributed by atoms with E-state index in [0.29, 0.717) is 0 Å². The van der Waals surface area contributed by atoms with E-state index >= 15 is 0 Å². The molecule has 0 fully saturated rings. The molecular formula is C3H10N2S. The minimum atomic E-state index is 0.973. The summed E-state index contributed by atoms with van der Waals surface area (Å²) in [5.74, 6) is 0. The Morgan fingerprint density at radius 1 is 1.67 bits per heavy atom. The maximum absolute atomic E-state index is 2.91.